The Labute approximate surface area is 146 Å². The maximum atomic E-state index is 12.1. The van der Waals surface area contributed by atoms with Crippen LogP contribution in [0.5, 0.6) is 0 Å². The van der Waals surface area contributed by atoms with Crippen molar-refractivity contribution in [1.29, 1.82) is 0 Å². The molecule has 0 atom stereocenters. The number of nitrogens with one attached hydrogen (secondary N) is 3. The first-order valence-electron chi connectivity index (χ1n) is 7.78. The lowest BCUT2D eigenvalue weighted by molar-refractivity contribution is 0.251. The van der Waals surface area contributed by atoms with Gasteiger partial charge in [-0.15, -0.1) is 0 Å². The quantitative estimate of drug-likeness (QED) is 0.655. The third-order valence-corrected chi connectivity index (χ3v) is 4.54. The van der Waals surface area contributed by atoms with Crippen LogP contribution in [0.25, 0.3) is 10.9 Å². The number of hydrogen-bond acceptors (Lipinski definition) is 3. The van der Waals surface area contributed by atoms with Crippen molar-refractivity contribution < 1.29 is 13.2 Å². The minimum Gasteiger partial charge on any atom is -0.357 e. The van der Waals surface area contributed by atoms with Crippen molar-refractivity contribution in [3.63, 3.8) is 0 Å². The predicted octanol–water partition coefficient (Wildman–Crippen LogP) is 3.03. The molecule has 3 N–H and O–H groups in total. The number of fused-ring (bicyclic) bond motifs is 1. The number of hydrogen-bond donors (Lipinski definition) is 3. The molecule has 3 aromatic rings. The molecule has 0 spiro atoms. The number of carbonyl (C=O) groups excluding carboxylic acids is 1. The topological polar surface area (TPSA) is 91.1 Å². The third-order valence-electron chi connectivity index (χ3n) is 3.71. The summed E-state index contributed by atoms with van der Waals surface area (Å²) in [5, 5.41) is 6.56. The highest BCUT2D eigenvalue weighted by Gasteiger charge is 2.11. The molecule has 2 aromatic carbocycles. The standard InChI is InChI=1S/C18H19N3O3S/c1-25(23,24)12-14-7-3-5-9-17(14)21-18(22)19-11-15-10-13-6-2-4-8-16(13)20-15/h2-10,20H,11-12H2,1H3,(H2,19,21,22). The minimum atomic E-state index is -3.18. The molecule has 7 heteroatoms. The van der Waals surface area contributed by atoms with Gasteiger partial charge in [-0.05, 0) is 29.1 Å². The van der Waals surface area contributed by atoms with Crippen LogP contribution in [0.15, 0.2) is 54.6 Å². The number of para-hydroxylation sites is 2. The van der Waals surface area contributed by atoms with Gasteiger partial charge in [0.25, 0.3) is 0 Å². The van der Waals surface area contributed by atoms with Crippen molar-refractivity contribution >= 4 is 32.5 Å². The number of rotatable bonds is 5. The SMILES string of the molecule is CS(=O)(=O)Cc1ccccc1NC(=O)NCc1cc2ccccc2[nH]1. The second-order valence-electron chi connectivity index (χ2n) is 5.92. The maximum Gasteiger partial charge on any atom is 0.319 e. The van der Waals surface area contributed by atoms with Crippen LogP contribution in [-0.4, -0.2) is 25.7 Å². The average molecular weight is 357 g/mol. The number of H-pyrrole nitrogens is 1. The van der Waals surface area contributed by atoms with E-state index in [1.165, 1.54) is 6.26 Å². The van der Waals surface area contributed by atoms with Gasteiger partial charge in [0.05, 0.1) is 12.3 Å². The van der Waals surface area contributed by atoms with Crippen LogP contribution in [0, 0.1) is 0 Å². The highest BCUT2D eigenvalue weighted by Crippen LogP contribution is 2.18. The van der Waals surface area contributed by atoms with Gasteiger partial charge in [-0.1, -0.05) is 36.4 Å². The molecule has 0 aliphatic rings. The van der Waals surface area contributed by atoms with Gasteiger partial charge >= 0.3 is 6.03 Å². The molecule has 2 amide bonds. The van der Waals surface area contributed by atoms with E-state index in [4.69, 9.17) is 0 Å². The normalized spacial score (nSPS) is 11.4. The summed E-state index contributed by atoms with van der Waals surface area (Å²) in [6, 6.07) is 16.3. The first-order chi connectivity index (χ1) is 11.9. The molecule has 0 radical (unpaired) electrons. The summed E-state index contributed by atoms with van der Waals surface area (Å²) in [6.45, 7) is 0.342. The lowest BCUT2D eigenvalue weighted by Gasteiger charge is -2.11. The second kappa shape index (κ2) is 6.98. The summed E-state index contributed by atoms with van der Waals surface area (Å²) in [5.74, 6) is -0.120. The molecule has 0 aliphatic heterocycles. The van der Waals surface area contributed by atoms with Crippen LogP contribution < -0.4 is 10.6 Å². The van der Waals surface area contributed by atoms with Crippen LogP contribution in [0.1, 0.15) is 11.3 Å². The van der Waals surface area contributed by atoms with Crippen molar-refractivity contribution in [2.45, 2.75) is 12.3 Å². The van der Waals surface area contributed by atoms with Gasteiger partial charge in [0.2, 0.25) is 0 Å². The van der Waals surface area contributed by atoms with Gasteiger partial charge in [-0.25, -0.2) is 13.2 Å². The second-order valence-corrected chi connectivity index (χ2v) is 8.06. The molecule has 0 unspecified atom stereocenters. The molecule has 3 rings (SSSR count). The Kier molecular flexibility index (Phi) is 4.76. The van der Waals surface area contributed by atoms with Crippen molar-refractivity contribution in [2.24, 2.45) is 0 Å². The van der Waals surface area contributed by atoms with E-state index >= 15 is 0 Å². The van der Waals surface area contributed by atoms with Crippen molar-refractivity contribution in [3.8, 4) is 0 Å². The van der Waals surface area contributed by atoms with Gasteiger partial charge in [-0.3, -0.25) is 0 Å². The van der Waals surface area contributed by atoms with Crippen LogP contribution >= 0.6 is 0 Å². The van der Waals surface area contributed by atoms with E-state index in [9.17, 15) is 13.2 Å². The van der Waals surface area contributed by atoms with Gasteiger partial charge in [0.1, 0.15) is 0 Å². The molecule has 25 heavy (non-hydrogen) atoms. The summed E-state index contributed by atoms with van der Waals surface area (Å²) in [7, 11) is -3.18. The summed E-state index contributed by atoms with van der Waals surface area (Å²) in [6.07, 6.45) is 1.17. The summed E-state index contributed by atoms with van der Waals surface area (Å²) in [5.41, 5.74) is 2.95. The van der Waals surface area contributed by atoms with E-state index < -0.39 is 9.84 Å². The van der Waals surface area contributed by atoms with Crippen LogP contribution in [0.2, 0.25) is 0 Å². The van der Waals surface area contributed by atoms with Crippen LogP contribution in [-0.2, 0) is 22.1 Å². The summed E-state index contributed by atoms with van der Waals surface area (Å²) >= 11 is 0. The Morgan fingerprint density at radius 2 is 1.80 bits per heavy atom. The average Bonchev–Trinajstić information content (AvgIpc) is 2.96. The van der Waals surface area contributed by atoms with E-state index in [-0.39, 0.29) is 11.8 Å². The lowest BCUT2D eigenvalue weighted by Crippen LogP contribution is -2.28. The van der Waals surface area contributed by atoms with Gasteiger partial charge in [0, 0.05) is 23.2 Å². The Morgan fingerprint density at radius 3 is 2.56 bits per heavy atom. The largest absolute Gasteiger partial charge is 0.357 e. The third kappa shape index (κ3) is 4.60. The summed E-state index contributed by atoms with van der Waals surface area (Å²) < 4.78 is 23.0. The Morgan fingerprint density at radius 1 is 1.08 bits per heavy atom. The zero-order valence-electron chi connectivity index (χ0n) is 13.7. The molecule has 0 saturated heterocycles. The fraction of sp³-hybridized carbons (Fsp3) is 0.167. The van der Waals surface area contributed by atoms with E-state index in [2.05, 4.69) is 15.6 Å². The predicted molar refractivity (Wildman–Crippen MR) is 99.1 cm³/mol. The number of amides is 2. The highest BCUT2D eigenvalue weighted by molar-refractivity contribution is 7.89. The molecule has 1 heterocycles. The van der Waals surface area contributed by atoms with Crippen LogP contribution in [0.3, 0.4) is 0 Å². The zero-order valence-corrected chi connectivity index (χ0v) is 14.6. The smallest absolute Gasteiger partial charge is 0.319 e. The maximum absolute atomic E-state index is 12.1. The number of sulfone groups is 1. The molecule has 6 nitrogen and oxygen atoms in total. The minimum absolute atomic E-state index is 0.120. The van der Waals surface area contributed by atoms with E-state index in [1.54, 1.807) is 24.3 Å². The van der Waals surface area contributed by atoms with Gasteiger partial charge in [0.15, 0.2) is 9.84 Å². The van der Waals surface area contributed by atoms with Gasteiger partial charge < -0.3 is 15.6 Å². The molecular weight excluding hydrogens is 338 g/mol. The van der Waals surface area contributed by atoms with E-state index in [0.29, 0.717) is 17.8 Å². The monoisotopic (exact) mass is 357 g/mol. The first-order valence-corrected chi connectivity index (χ1v) is 9.84. The number of benzene rings is 2. The molecule has 1 aromatic heterocycles. The number of aromatic nitrogens is 1. The Bertz CT molecular complexity index is 976. The van der Waals surface area contributed by atoms with Crippen molar-refractivity contribution in [2.75, 3.05) is 11.6 Å². The number of carbonyl (C=O) groups is 1. The fourth-order valence-electron chi connectivity index (χ4n) is 2.62. The highest BCUT2D eigenvalue weighted by atomic mass is 32.2. The zero-order chi connectivity index (χ0) is 17.9. The lowest BCUT2D eigenvalue weighted by atomic mass is 10.2. The van der Waals surface area contributed by atoms with E-state index in [1.807, 2.05) is 30.3 Å². The molecule has 130 valence electrons. The number of aromatic amines is 1. The van der Waals surface area contributed by atoms with E-state index in [0.717, 1.165) is 16.6 Å². The molecule has 0 bridgehead atoms. The molecule has 0 aliphatic carbocycles. The van der Waals surface area contributed by atoms with Crippen molar-refractivity contribution in [3.05, 3.63) is 65.9 Å². The molecule has 0 saturated carbocycles. The number of anilines is 1. The molecular formula is C18H19N3O3S. The molecule has 0 fully saturated rings. The fourth-order valence-corrected chi connectivity index (χ4v) is 3.44. The Hall–Kier alpha value is -2.80. The summed E-state index contributed by atoms with van der Waals surface area (Å²) in [4.78, 5) is 15.4. The van der Waals surface area contributed by atoms with Gasteiger partial charge in [-0.2, -0.15) is 0 Å². The first kappa shape index (κ1) is 17.0. The Balaban J connectivity index is 1.65. The number of urea groups is 1. The van der Waals surface area contributed by atoms with Crippen molar-refractivity contribution in [1.82, 2.24) is 10.3 Å². The van der Waals surface area contributed by atoms with Crippen LogP contribution in [0.4, 0.5) is 10.5 Å².